The van der Waals surface area contributed by atoms with E-state index < -0.39 is 17.7 Å². The fourth-order valence-electron chi connectivity index (χ4n) is 3.13. The van der Waals surface area contributed by atoms with Gasteiger partial charge < -0.3 is 10.6 Å². The van der Waals surface area contributed by atoms with Crippen molar-refractivity contribution < 1.29 is 13.6 Å². The zero-order valence-corrected chi connectivity index (χ0v) is 16.2. The number of nitrogens with zero attached hydrogens (tertiary/aromatic N) is 1. The second-order valence-electron chi connectivity index (χ2n) is 6.85. The van der Waals surface area contributed by atoms with Crippen LogP contribution in [0.1, 0.15) is 25.3 Å². The molecule has 0 fully saturated rings. The average molecular weight is 398 g/mol. The number of carbonyl (C=O) groups is 1. The molecule has 3 aromatic rings. The summed E-state index contributed by atoms with van der Waals surface area (Å²) in [6, 6.07) is 14.5. The number of aromatic nitrogens is 2. The fourth-order valence-corrected chi connectivity index (χ4v) is 3.13. The maximum Gasteiger partial charge on any atom is 0.242 e. The Bertz CT molecular complexity index is 923. The van der Waals surface area contributed by atoms with Gasteiger partial charge in [0.2, 0.25) is 5.91 Å². The van der Waals surface area contributed by atoms with E-state index in [1.807, 2.05) is 37.3 Å². The van der Waals surface area contributed by atoms with Gasteiger partial charge in [0.15, 0.2) is 5.82 Å². The lowest BCUT2D eigenvalue weighted by atomic mass is 10.1. The number of H-pyrrole nitrogens is 1. The zero-order chi connectivity index (χ0) is 20.6. The van der Waals surface area contributed by atoms with Crippen LogP contribution in [-0.2, 0) is 11.2 Å². The number of amides is 1. The number of rotatable bonds is 9. The molecule has 0 radical (unpaired) electrons. The fraction of sp³-hybridized carbons (Fsp3) is 0.273. The maximum atomic E-state index is 13.3. The Morgan fingerprint density at radius 3 is 2.52 bits per heavy atom. The molecule has 0 unspecified atom stereocenters. The van der Waals surface area contributed by atoms with E-state index >= 15 is 0 Å². The molecule has 1 atom stereocenters. The third-order valence-electron chi connectivity index (χ3n) is 4.53. The van der Waals surface area contributed by atoms with Gasteiger partial charge >= 0.3 is 0 Å². The Balaban J connectivity index is 1.57. The second-order valence-corrected chi connectivity index (χ2v) is 6.85. The standard InChI is InChI=1S/C22H24F2N4O/c1-2-6-19(25-10-9-15-11-17(23)13-18(24)12-15)22(29)26-21-14-20(27-28-21)16-7-4-3-5-8-16/h3-5,7-8,11-14,19,25H,2,6,9-10H2,1H3,(H2,26,27,28,29)/t19-/m0/s1. The number of aromatic amines is 1. The maximum absolute atomic E-state index is 13.3. The molecule has 1 aromatic heterocycles. The van der Waals surface area contributed by atoms with E-state index in [-0.39, 0.29) is 5.91 Å². The Morgan fingerprint density at radius 1 is 1.10 bits per heavy atom. The number of hydrogen-bond acceptors (Lipinski definition) is 3. The van der Waals surface area contributed by atoms with E-state index in [0.29, 0.717) is 30.8 Å². The molecule has 3 N–H and O–H groups in total. The summed E-state index contributed by atoms with van der Waals surface area (Å²) in [5.74, 6) is -0.946. The van der Waals surface area contributed by atoms with Crippen LogP contribution in [0.2, 0.25) is 0 Å². The van der Waals surface area contributed by atoms with E-state index in [2.05, 4.69) is 20.8 Å². The molecule has 152 valence electrons. The SMILES string of the molecule is CCC[C@H](NCCc1cc(F)cc(F)c1)C(=O)Nc1cc(-c2ccccc2)[nH]n1. The van der Waals surface area contributed by atoms with Crippen molar-refractivity contribution in [3.8, 4) is 11.3 Å². The molecule has 0 saturated carbocycles. The quantitative estimate of drug-likeness (QED) is 0.503. The van der Waals surface area contributed by atoms with Crippen molar-refractivity contribution in [1.29, 1.82) is 0 Å². The topological polar surface area (TPSA) is 69.8 Å². The molecule has 0 saturated heterocycles. The molecule has 0 aliphatic heterocycles. The van der Waals surface area contributed by atoms with Gasteiger partial charge in [0, 0.05) is 12.1 Å². The largest absolute Gasteiger partial charge is 0.308 e. The Kier molecular flexibility index (Phi) is 7.08. The summed E-state index contributed by atoms with van der Waals surface area (Å²) < 4.78 is 26.6. The molecule has 29 heavy (non-hydrogen) atoms. The van der Waals surface area contributed by atoms with Crippen molar-refractivity contribution in [2.45, 2.75) is 32.2 Å². The number of hydrogen-bond donors (Lipinski definition) is 3. The van der Waals surface area contributed by atoms with Gasteiger partial charge in [-0.2, -0.15) is 5.10 Å². The van der Waals surface area contributed by atoms with Gasteiger partial charge in [-0.25, -0.2) is 8.78 Å². The summed E-state index contributed by atoms with van der Waals surface area (Å²) in [6.07, 6.45) is 1.87. The summed E-state index contributed by atoms with van der Waals surface area (Å²) in [5.41, 5.74) is 2.34. The molecule has 0 spiro atoms. The predicted octanol–water partition coefficient (Wildman–Crippen LogP) is 4.29. The number of halogens is 2. The van der Waals surface area contributed by atoms with Crippen LogP contribution in [-0.4, -0.2) is 28.7 Å². The first-order chi connectivity index (χ1) is 14.0. The first-order valence-corrected chi connectivity index (χ1v) is 9.65. The van der Waals surface area contributed by atoms with Crippen molar-refractivity contribution in [3.05, 3.63) is 71.8 Å². The van der Waals surface area contributed by atoms with Crippen LogP contribution < -0.4 is 10.6 Å². The van der Waals surface area contributed by atoms with E-state index in [1.165, 1.54) is 12.1 Å². The summed E-state index contributed by atoms with van der Waals surface area (Å²) in [5, 5.41) is 13.1. The number of nitrogens with one attached hydrogen (secondary N) is 3. The number of carbonyl (C=O) groups excluding carboxylic acids is 1. The Labute approximate surface area is 168 Å². The highest BCUT2D eigenvalue weighted by Crippen LogP contribution is 2.19. The molecule has 7 heteroatoms. The second kappa shape index (κ2) is 9.93. The third-order valence-corrected chi connectivity index (χ3v) is 4.53. The van der Waals surface area contributed by atoms with Crippen LogP contribution in [0.15, 0.2) is 54.6 Å². The van der Waals surface area contributed by atoms with Crippen LogP contribution in [0.3, 0.4) is 0 Å². The van der Waals surface area contributed by atoms with Crippen LogP contribution in [0, 0.1) is 11.6 Å². The van der Waals surface area contributed by atoms with Gasteiger partial charge in [0.05, 0.1) is 11.7 Å². The Hall–Kier alpha value is -3.06. The predicted molar refractivity (Wildman–Crippen MR) is 109 cm³/mol. The zero-order valence-electron chi connectivity index (χ0n) is 16.2. The molecule has 1 heterocycles. The lowest BCUT2D eigenvalue weighted by molar-refractivity contribution is -0.118. The summed E-state index contributed by atoms with van der Waals surface area (Å²) in [4.78, 5) is 12.7. The molecule has 0 aliphatic carbocycles. The molecule has 1 amide bonds. The molecule has 5 nitrogen and oxygen atoms in total. The van der Waals surface area contributed by atoms with Crippen LogP contribution in [0.25, 0.3) is 11.3 Å². The summed E-state index contributed by atoms with van der Waals surface area (Å²) in [7, 11) is 0. The summed E-state index contributed by atoms with van der Waals surface area (Å²) in [6.45, 7) is 2.42. The monoisotopic (exact) mass is 398 g/mol. The Morgan fingerprint density at radius 2 is 1.83 bits per heavy atom. The van der Waals surface area contributed by atoms with Crippen LogP contribution >= 0.6 is 0 Å². The number of anilines is 1. The highest BCUT2D eigenvalue weighted by molar-refractivity contribution is 5.94. The lowest BCUT2D eigenvalue weighted by Gasteiger charge is -2.17. The van der Waals surface area contributed by atoms with E-state index in [4.69, 9.17) is 0 Å². The first-order valence-electron chi connectivity index (χ1n) is 9.65. The summed E-state index contributed by atoms with van der Waals surface area (Å²) >= 11 is 0. The minimum absolute atomic E-state index is 0.191. The molecular weight excluding hydrogens is 374 g/mol. The van der Waals surface area contributed by atoms with E-state index in [1.54, 1.807) is 6.07 Å². The molecule has 3 rings (SSSR count). The van der Waals surface area contributed by atoms with Crippen LogP contribution in [0.5, 0.6) is 0 Å². The smallest absolute Gasteiger partial charge is 0.242 e. The highest BCUT2D eigenvalue weighted by atomic mass is 19.1. The first kappa shape index (κ1) is 20.7. The number of benzene rings is 2. The van der Waals surface area contributed by atoms with Gasteiger partial charge in [-0.1, -0.05) is 43.7 Å². The molecule has 0 bridgehead atoms. The van der Waals surface area contributed by atoms with Crippen molar-refractivity contribution in [2.75, 3.05) is 11.9 Å². The van der Waals surface area contributed by atoms with Crippen molar-refractivity contribution in [2.24, 2.45) is 0 Å². The van der Waals surface area contributed by atoms with Crippen molar-refractivity contribution >= 4 is 11.7 Å². The van der Waals surface area contributed by atoms with Crippen LogP contribution in [0.4, 0.5) is 14.6 Å². The van der Waals surface area contributed by atoms with Gasteiger partial charge in [-0.15, -0.1) is 0 Å². The van der Waals surface area contributed by atoms with E-state index in [9.17, 15) is 13.6 Å². The van der Waals surface area contributed by atoms with Crippen molar-refractivity contribution in [3.63, 3.8) is 0 Å². The molecule has 2 aromatic carbocycles. The van der Waals surface area contributed by atoms with Gasteiger partial charge in [0.1, 0.15) is 11.6 Å². The normalized spacial score (nSPS) is 12.0. The van der Waals surface area contributed by atoms with Gasteiger partial charge in [0.25, 0.3) is 0 Å². The highest BCUT2D eigenvalue weighted by Gasteiger charge is 2.18. The minimum atomic E-state index is -0.601. The van der Waals surface area contributed by atoms with Gasteiger partial charge in [-0.05, 0) is 42.6 Å². The third kappa shape index (κ3) is 5.96. The average Bonchev–Trinajstić information content (AvgIpc) is 3.16. The molecule has 0 aliphatic rings. The van der Waals surface area contributed by atoms with Gasteiger partial charge in [-0.3, -0.25) is 9.89 Å². The van der Waals surface area contributed by atoms with E-state index in [0.717, 1.165) is 23.7 Å². The minimum Gasteiger partial charge on any atom is -0.308 e. The lowest BCUT2D eigenvalue weighted by Crippen LogP contribution is -2.41. The molecular formula is C22H24F2N4O. The van der Waals surface area contributed by atoms with Crippen molar-refractivity contribution in [1.82, 2.24) is 15.5 Å².